The Bertz CT molecular complexity index is 357. The van der Waals surface area contributed by atoms with E-state index in [1.54, 1.807) is 12.1 Å². The van der Waals surface area contributed by atoms with Crippen LogP contribution in [0.4, 0.5) is 0 Å². The monoisotopic (exact) mass is 194 g/mol. The van der Waals surface area contributed by atoms with Crippen LogP contribution in [0.1, 0.15) is 15.9 Å². The van der Waals surface area contributed by atoms with Crippen LogP contribution in [0.15, 0.2) is 18.2 Å². The number of hydrogen-bond donors (Lipinski definition) is 1. The largest absolute Gasteiger partial charge is 0.507 e. The van der Waals surface area contributed by atoms with Gasteiger partial charge in [0.25, 0.3) is 0 Å². The first-order valence-electron chi connectivity index (χ1n) is 4.03. The Labute approximate surface area is 81.1 Å². The predicted molar refractivity (Wildman–Crippen MR) is 49.2 cm³/mol. The number of methoxy groups -OCH3 is 1. The van der Waals surface area contributed by atoms with Crippen LogP contribution in [-0.2, 0) is 16.0 Å². The Morgan fingerprint density at radius 3 is 2.86 bits per heavy atom. The zero-order valence-electron chi connectivity index (χ0n) is 7.69. The van der Waals surface area contributed by atoms with Crippen molar-refractivity contribution in [2.75, 3.05) is 7.11 Å². The Morgan fingerprint density at radius 2 is 2.29 bits per heavy atom. The highest BCUT2D eigenvalue weighted by Crippen LogP contribution is 2.22. The lowest BCUT2D eigenvalue weighted by atomic mass is 10.1. The highest BCUT2D eigenvalue weighted by atomic mass is 16.5. The Hall–Kier alpha value is -1.84. The lowest BCUT2D eigenvalue weighted by molar-refractivity contribution is -0.107. The van der Waals surface area contributed by atoms with Crippen LogP contribution >= 0.6 is 0 Å². The zero-order valence-corrected chi connectivity index (χ0v) is 7.69. The lowest BCUT2D eigenvalue weighted by Gasteiger charge is -2.05. The van der Waals surface area contributed by atoms with E-state index < -0.39 is 5.97 Å². The summed E-state index contributed by atoms with van der Waals surface area (Å²) in [5.41, 5.74) is 0.495. The van der Waals surface area contributed by atoms with Crippen molar-refractivity contribution in [2.45, 2.75) is 6.42 Å². The first-order valence-corrected chi connectivity index (χ1v) is 4.03. The second kappa shape index (κ2) is 4.41. The molecule has 14 heavy (non-hydrogen) atoms. The number of rotatable bonds is 3. The minimum atomic E-state index is -0.616. The van der Waals surface area contributed by atoms with Gasteiger partial charge < -0.3 is 14.6 Å². The topological polar surface area (TPSA) is 63.6 Å². The fourth-order valence-electron chi connectivity index (χ4n) is 1.12. The molecule has 0 aliphatic heterocycles. The molecule has 1 N–H and O–H groups in total. The van der Waals surface area contributed by atoms with E-state index in [4.69, 9.17) is 0 Å². The number of aldehydes is 1. The van der Waals surface area contributed by atoms with Gasteiger partial charge in [0.05, 0.1) is 7.11 Å². The van der Waals surface area contributed by atoms with Crippen LogP contribution in [0, 0.1) is 0 Å². The lowest BCUT2D eigenvalue weighted by Crippen LogP contribution is -2.03. The number of hydrogen-bond acceptors (Lipinski definition) is 4. The van der Waals surface area contributed by atoms with E-state index in [1.165, 1.54) is 13.2 Å². The summed E-state index contributed by atoms with van der Waals surface area (Å²) in [6.07, 6.45) is 0.743. The van der Waals surface area contributed by atoms with Crippen LogP contribution in [-0.4, -0.2) is 24.5 Å². The first kappa shape index (κ1) is 10.2. The molecule has 0 saturated heterocycles. The molecule has 4 nitrogen and oxygen atoms in total. The molecule has 4 heteroatoms. The molecule has 0 aliphatic carbocycles. The molecular weight excluding hydrogens is 184 g/mol. The molecule has 1 aromatic rings. The van der Waals surface area contributed by atoms with Gasteiger partial charge in [-0.15, -0.1) is 0 Å². The number of benzene rings is 1. The first-order chi connectivity index (χ1) is 6.70. The number of esters is 1. The standard InChI is InChI=1S/C10H10O4/c1-14-10(13)8-4-2-3-7(5-6-11)9(8)12/h2-4,6,12H,5H2,1H3. The van der Waals surface area contributed by atoms with Gasteiger partial charge in [0.1, 0.15) is 17.6 Å². The molecule has 0 atom stereocenters. The number of carbonyl (C=O) groups excluding carboxylic acids is 2. The van der Waals surface area contributed by atoms with Gasteiger partial charge in [-0.1, -0.05) is 12.1 Å². The molecule has 1 rings (SSSR count). The molecular formula is C10H10O4. The average Bonchev–Trinajstić information content (AvgIpc) is 2.20. The van der Waals surface area contributed by atoms with Crippen molar-refractivity contribution < 1.29 is 19.4 Å². The zero-order chi connectivity index (χ0) is 10.6. The van der Waals surface area contributed by atoms with Crippen LogP contribution in [0.25, 0.3) is 0 Å². The van der Waals surface area contributed by atoms with E-state index >= 15 is 0 Å². The number of phenolic OH excluding ortho intramolecular Hbond substituents is 1. The quantitative estimate of drug-likeness (QED) is 0.574. The maximum atomic E-state index is 11.1. The normalized spacial score (nSPS) is 9.50. The SMILES string of the molecule is COC(=O)c1cccc(CC=O)c1O. The van der Waals surface area contributed by atoms with Gasteiger partial charge in [-0.05, 0) is 6.07 Å². The van der Waals surface area contributed by atoms with Gasteiger partial charge in [-0.3, -0.25) is 0 Å². The van der Waals surface area contributed by atoms with Gasteiger partial charge in [-0.2, -0.15) is 0 Å². The van der Waals surface area contributed by atoms with Gasteiger partial charge in [0.2, 0.25) is 0 Å². The van der Waals surface area contributed by atoms with Crippen molar-refractivity contribution in [1.82, 2.24) is 0 Å². The third-order valence-corrected chi connectivity index (χ3v) is 1.83. The molecule has 0 radical (unpaired) electrons. The van der Waals surface area contributed by atoms with Crippen LogP contribution in [0.2, 0.25) is 0 Å². The minimum Gasteiger partial charge on any atom is -0.507 e. The molecule has 0 aliphatic rings. The third kappa shape index (κ3) is 1.90. The van der Waals surface area contributed by atoms with E-state index in [2.05, 4.69) is 4.74 Å². The smallest absolute Gasteiger partial charge is 0.341 e. The molecule has 0 heterocycles. The number of phenols is 1. The summed E-state index contributed by atoms with van der Waals surface area (Å²) >= 11 is 0. The van der Waals surface area contributed by atoms with Crippen LogP contribution in [0.3, 0.4) is 0 Å². The van der Waals surface area contributed by atoms with Crippen LogP contribution < -0.4 is 0 Å². The summed E-state index contributed by atoms with van der Waals surface area (Å²) in [6.45, 7) is 0. The van der Waals surface area contributed by atoms with Crippen molar-refractivity contribution in [3.63, 3.8) is 0 Å². The van der Waals surface area contributed by atoms with Gasteiger partial charge in [0, 0.05) is 12.0 Å². The number of aromatic hydroxyl groups is 1. The molecule has 74 valence electrons. The minimum absolute atomic E-state index is 0.0758. The Balaban J connectivity index is 3.13. The van der Waals surface area contributed by atoms with Gasteiger partial charge in [0.15, 0.2) is 0 Å². The number of ether oxygens (including phenoxy) is 1. The predicted octanol–water partition coefficient (Wildman–Crippen LogP) is 0.920. The molecule has 0 spiro atoms. The second-order valence-electron chi connectivity index (χ2n) is 2.68. The molecule has 1 aromatic carbocycles. The van der Waals surface area contributed by atoms with Crippen LogP contribution in [0.5, 0.6) is 5.75 Å². The van der Waals surface area contributed by atoms with E-state index in [0.717, 1.165) is 0 Å². The summed E-state index contributed by atoms with van der Waals surface area (Å²) in [5.74, 6) is -0.804. The second-order valence-corrected chi connectivity index (χ2v) is 2.68. The Morgan fingerprint density at radius 1 is 1.57 bits per heavy atom. The van der Waals surface area contributed by atoms with Crippen molar-refractivity contribution in [3.8, 4) is 5.75 Å². The summed E-state index contributed by atoms with van der Waals surface area (Å²) in [6, 6.07) is 4.61. The van der Waals surface area contributed by atoms with Gasteiger partial charge in [-0.25, -0.2) is 4.79 Å². The maximum Gasteiger partial charge on any atom is 0.341 e. The van der Waals surface area contributed by atoms with Crippen molar-refractivity contribution >= 4 is 12.3 Å². The van der Waals surface area contributed by atoms with E-state index in [0.29, 0.717) is 11.8 Å². The van der Waals surface area contributed by atoms with E-state index in [1.807, 2.05) is 0 Å². The summed E-state index contributed by atoms with van der Waals surface area (Å²) < 4.78 is 4.46. The molecule has 0 fully saturated rings. The van der Waals surface area contributed by atoms with E-state index in [9.17, 15) is 14.7 Å². The van der Waals surface area contributed by atoms with Gasteiger partial charge >= 0.3 is 5.97 Å². The molecule has 0 saturated carbocycles. The fraction of sp³-hybridized carbons (Fsp3) is 0.200. The van der Waals surface area contributed by atoms with Crippen molar-refractivity contribution in [1.29, 1.82) is 0 Å². The van der Waals surface area contributed by atoms with E-state index in [-0.39, 0.29) is 17.7 Å². The number of para-hydroxylation sites is 1. The highest BCUT2D eigenvalue weighted by molar-refractivity contribution is 5.93. The Kier molecular flexibility index (Phi) is 3.23. The molecule has 0 aromatic heterocycles. The summed E-state index contributed by atoms with van der Waals surface area (Å²) in [4.78, 5) is 21.4. The molecule has 0 bridgehead atoms. The summed E-state index contributed by atoms with van der Waals surface area (Å²) in [7, 11) is 1.23. The highest BCUT2D eigenvalue weighted by Gasteiger charge is 2.13. The third-order valence-electron chi connectivity index (χ3n) is 1.83. The van der Waals surface area contributed by atoms with Crippen molar-refractivity contribution in [3.05, 3.63) is 29.3 Å². The fourth-order valence-corrected chi connectivity index (χ4v) is 1.12. The summed E-state index contributed by atoms with van der Waals surface area (Å²) in [5, 5.41) is 9.56. The molecule has 0 unspecified atom stereocenters. The molecule has 0 amide bonds. The number of carbonyl (C=O) groups is 2. The average molecular weight is 194 g/mol. The van der Waals surface area contributed by atoms with Crippen molar-refractivity contribution in [2.24, 2.45) is 0 Å². The maximum absolute atomic E-state index is 11.1.